The molecule has 1 spiro atoms. The third kappa shape index (κ3) is 2.49. The lowest BCUT2D eigenvalue weighted by Crippen LogP contribution is -2.26. The quantitative estimate of drug-likeness (QED) is 0.851. The molecule has 23 heavy (non-hydrogen) atoms. The highest BCUT2D eigenvalue weighted by atomic mass is 32.2. The van der Waals surface area contributed by atoms with Gasteiger partial charge in [0.15, 0.2) is 5.66 Å². The Morgan fingerprint density at radius 3 is 2.22 bits per heavy atom. The third-order valence-corrected chi connectivity index (χ3v) is 6.39. The van der Waals surface area contributed by atoms with Crippen LogP contribution in [0.4, 0.5) is 0 Å². The van der Waals surface area contributed by atoms with E-state index >= 15 is 0 Å². The molecule has 0 unspecified atom stereocenters. The summed E-state index contributed by atoms with van der Waals surface area (Å²) in [5.74, 6) is 0. The van der Waals surface area contributed by atoms with E-state index in [0.29, 0.717) is 10.3 Å². The van der Waals surface area contributed by atoms with E-state index in [1.54, 1.807) is 42.5 Å². The molecule has 0 amide bonds. The molecule has 1 fully saturated rings. The van der Waals surface area contributed by atoms with Gasteiger partial charge in [-0.2, -0.15) is 0 Å². The first kappa shape index (κ1) is 14.6. The number of hydrogen-bond donors (Lipinski definition) is 0. The van der Waals surface area contributed by atoms with E-state index in [1.807, 2.05) is 6.07 Å². The molecule has 0 radical (unpaired) electrons. The van der Waals surface area contributed by atoms with Gasteiger partial charge in [-0.1, -0.05) is 24.6 Å². The van der Waals surface area contributed by atoms with Gasteiger partial charge in [-0.05, 0) is 56.0 Å². The summed E-state index contributed by atoms with van der Waals surface area (Å²) < 4.78 is 25.5. The maximum Gasteiger partial charge on any atom is 0.206 e. The predicted molar refractivity (Wildman–Crippen MR) is 86.5 cm³/mol. The Kier molecular flexibility index (Phi) is 3.34. The lowest BCUT2D eigenvalue weighted by molar-refractivity contribution is 0.309. The fraction of sp³-hybridized carbons (Fsp3) is 0.333. The molecule has 0 atom stereocenters. The zero-order valence-corrected chi connectivity index (χ0v) is 13.6. The summed E-state index contributed by atoms with van der Waals surface area (Å²) in [6.07, 6.45) is 5.42. The van der Waals surface area contributed by atoms with Crippen molar-refractivity contribution in [2.75, 3.05) is 0 Å². The van der Waals surface area contributed by atoms with Crippen molar-refractivity contribution in [1.29, 1.82) is 0 Å². The van der Waals surface area contributed by atoms with Gasteiger partial charge in [0.2, 0.25) is 9.84 Å². The molecule has 1 aliphatic carbocycles. The molecule has 2 aromatic rings. The van der Waals surface area contributed by atoms with E-state index < -0.39 is 9.84 Å². The van der Waals surface area contributed by atoms with E-state index in [9.17, 15) is 8.42 Å². The van der Waals surface area contributed by atoms with Crippen LogP contribution >= 0.6 is 0 Å². The summed E-state index contributed by atoms with van der Waals surface area (Å²) in [6, 6.07) is 13.6. The molecule has 0 N–H and O–H groups in total. The van der Waals surface area contributed by atoms with Crippen molar-refractivity contribution in [3.8, 4) is 0 Å². The molecule has 2 aliphatic rings. The normalized spacial score (nSPS) is 19.0. The van der Waals surface area contributed by atoms with Crippen LogP contribution < -0.4 is 10.7 Å². The fourth-order valence-corrected chi connectivity index (χ4v) is 4.71. The Morgan fingerprint density at radius 1 is 0.783 bits per heavy atom. The number of fused-ring (bicyclic) bond motifs is 1. The second-order valence-corrected chi connectivity index (χ2v) is 8.18. The van der Waals surface area contributed by atoms with Gasteiger partial charge in [-0.3, -0.25) is 9.98 Å². The van der Waals surface area contributed by atoms with Crippen molar-refractivity contribution in [3.63, 3.8) is 0 Å². The minimum Gasteiger partial charge on any atom is -0.253 e. The topological polar surface area (TPSA) is 58.9 Å². The van der Waals surface area contributed by atoms with Gasteiger partial charge in [-0.25, -0.2) is 8.42 Å². The van der Waals surface area contributed by atoms with Crippen LogP contribution in [0.1, 0.15) is 32.1 Å². The van der Waals surface area contributed by atoms with Crippen LogP contribution in [-0.4, -0.2) is 14.1 Å². The van der Waals surface area contributed by atoms with Gasteiger partial charge < -0.3 is 0 Å². The summed E-state index contributed by atoms with van der Waals surface area (Å²) in [5, 5.41) is 1.53. The number of sulfone groups is 1. The van der Waals surface area contributed by atoms with Crippen LogP contribution in [-0.2, 0) is 9.84 Å². The molecule has 0 aromatic heterocycles. The van der Waals surface area contributed by atoms with Crippen LogP contribution in [0.2, 0.25) is 0 Å². The second-order valence-electron chi connectivity index (χ2n) is 6.23. The van der Waals surface area contributed by atoms with Gasteiger partial charge in [0, 0.05) is 0 Å². The Balaban J connectivity index is 1.80. The second kappa shape index (κ2) is 5.27. The van der Waals surface area contributed by atoms with Crippen molar-refractivity contribution in [2.24, 2.45) is 9.98 Å². The largest absolute Gasteiger partial charge is 0.253 e. The van der Waals surface area contributed by atoms with Crippen LogP contribution in [0.3, 0.4) is 0 Å². The fourth-order valence-electron chi connectivity index (χ4n) is 3.41. The van der Waals surface area contributed by atoms with E-state index in [4.69, 9.17) is 9.98 Å². The Hall–Kier alpha value is -2.01. The average Bonchev–Trinajstić information content (AvgIpc) is 2.92. The molecule has 1 saturated carbocycles. The molecule has 4 rings (SSSR count). The van der Waals surface area contributed by atoms with Crippen molar-refractivity contribution < 1.29 is 8.42 Å². The van der Waals surface area contributed by atoms with E-state index in [-0.39, 0.29) is 10.6 Å². The Labute approximate surface area is 135 Å². The van der Waals surface area contributed by atoms with Crippen molar-refractivity contribution >= 4 is 9.84 Å². The SMILES string of the molecule is O=S(=O)(c1ccccc1)c1ccc2c(c1)=NC1(CCCCC1)N=2. The molecule has 0 bridgehead atoms. The Bertz CT molecular complexity index is 960. The van der Waals surface area contributed by atoms with Crippen LogP contribution in [0, 0.1) is 0 Å². The van der Waals surface area contributed by atoms with Crippen LogP contribution in [0.15, 0.2) is 68.3 Å². The first-order valence-corrected chi connectivity index (χ1v) is 9.47. The van der Waals surface area contributed by atoms with E-state index in [2.05, 4.69) is 0 Å². The van der Waals surface area contributed by atoms with Crippen molar-refractivity contribution in [3.05, 3.63) is 59.2 Å². The zero-order valence-electron chi connectivity index (χ0n) is 12.8. The molecule has 118 valence electrons. The highest BCUT2D eigenvalue weighted by Crippen LogP contribution is 2.33. The summed E-state index contributed by atoms with van der Waals surface area (Å²) >= 11 is 0. The minimum atomic E-state index is -3.50. The highest BCUT2D eigenvalue weighted by molar-refractivity contribution is 7.91. The van der Waals surface area contributed by atoms with Gasteiger partial charge in [-0.15, -0.1) is 0 Å². The van der Waals surface area contributed by atoms with E-state index in [0.717, 1.165) is 31.0 Å². The van der Waals surface area contributed by atoms with E-state index in [1.165, 1.54) is 6.42 Å². The monoisotopic (exact) mass is 326 g/mol. The number of benzene rings is 2. The van der Waals surface area contributed by atoms with Gasteiger partial charge >= 0.3 is 0 Å². The number of rotatable bonds is 2. The van der Waals surface area contributed by atoms with Gasteiger partial charge in [0.1, 0.15) is 0 Å². The van der Waals surface area contributed by atoms with Crippen LogP contribution in [0.25, 0.3) is 0 Å². The Morgan fingerprint density at radius 2 is 1.48 bits per heavy atom. The molecule has 4 nitrogen and oxygen atoms in total. The van der Waals surface area contributed by atoms with Crippen LogP contribution in [0.5, 0.6) is 0 Å². The van der Waals surface area contributed by atoms with Gasteiger partial charge in [0.25, 0.3) is 0 Å². The first-order valence-electron chi connectivity index (χ1n) is 7.99. The average molecular weight is 326 g/mol. The number of nitrogens with zero attached hydrogens (tertiary/aromatic N) is 2. The highest BCUT2D eigenvalue weighted by Gasteiger charge is 2.33. The molecule has 0 saturated heterocycles. The summed E-state index contributed by atoms with van der Waals surface area (Å²) in [6.45, 7) is 0. The minimum absolute atomic E-state index is 0.286. The standard InChI is InChI=1S/C18H18N2O2S/c21-23(22,14-7-3-1-4-8-14)15-9-10-16-17(13-15)20-18(19-16)11-5-2-6-12-18/h1,3-4,7-10,13H,2,5-6,11-12H2. The third-order valence-electron chi connectivity index (χ3n) is 4.62. The summed E-state index contributed by atoms with van der Waals surface area (Å²) in [4.78, 5) is 10.2. The van der Waals surface area contributed by atoms with Crippen molar-refractivity contribution in [1.82, 2.24) is 0 Å². The summed E-state index contributed by atoms with van der Waals surface area (Å²) in [5.41, 5.74) is -0.338. The molecular formula is C18H18N2O2S. The predicted octanol–water partition coefficient (Wildman–Crippen LogP) is 2.43. The van der Waals surface area contributed by atoms with Crippen molar-refractivity contribution in [2.45, 2.75) is 47.6 Å². The number of hydrogen-bond acceptors (Lipinski definition) is 4. The molecule has 1 aliphatic heterocycles. The van der Waals surface area contributed by atoms with Gasteiger partial charge in [0.05, 0.1) is 20.5 Å². The molecule has 5 heteroatoms. The molecule has 2 aromatic carbocycles. The maximum atomic E-state index is 12.7. The maximum absolute atomic E-state index is 12.7. The smallest absolute Gasteiger partial charge is 0.206 e. The molecule has 1 heterocycles. The summed E-state index contributed by atoms with van der Waals surface area (Å²) in [7, 11) is -3.50. The first-order chi connectivity index (χ1) is 11.1. The zero-order chi connectivity index (χ0) is 15.9. The molecular weight excluding hydrogens is 308 g/mol. The lowest BCUT2D eigenvalue weighted by atomic mass is 9.90. The lowest BCUT2D eigenvalue weighted by Gasteiger charge is -2.27.